The molecule has 1 aliphatic rings. The molecule has 0 N–H and O–H groups in total. The van der Waals surface area contributed by atoms with Crippen LogP contribution in [0, 0.1) is 41.5 Å². The lowest BCUT2D eigenvalue weighted by atomic mass is 10.2. The molecule has 80 heavy (non-hydrogen) atoms. The number of aryl methyl sites for hydroxylation is 6. The summed E-state index contributed by atoms with van der Waals surface area (Å²) in [5.41, 5.74) is 4.60. The molecule has 18 nitrogen and oxygen atoms in total. The minimum atomic E-state index is -4.50. The summed E-state index contributed by atoms with van der Waals surface area (Å²) in [7, 11) is -26.8. The topological polar surface area (TPSA) is 224 Å². The van der Waals surface area contributed by atoms with Crippen LogP contribution in [0.15, 0.2) is 175 Å². The van der Waals surface area contributed by atoms with E-state index in [1.165, 1.54) is 72.8 Å². The van der Waals surface area contributed by atoms with Crippen LogP contribution in [0.2, 0.25) is 0 Å². The van der Waals surface area contributed by atoms with Crippen molar-refractivity contribution in [2.75, 3.05) is 78.5 Å². The highest BCUT2D eigenvalue weighted by Crippen LogP contribution is 2.26. The number of nitrogens with zero attached hydrogens (tertiary/aromatic N) is 6. The van der Waals surface area contributed by atoms with Crippen molar-refractivity contribution in [2.45, 2.75) is 83.8 Å². The second-order valence-corrected chi connectivity index (χ2v) is 31.6. The van der Waals surface area contributed by atoms with Crippen molar-refractivity contribution in [1.29, 1.82) is 0 Å². The molecule has 0 spiro atoms. The van der Waals surface area contributed by atoms with Gasteiger partial charge in [0.15, 0.2) is 0 Å². The largest absolute Gasteiger partial charge is 0.243 e. The number of benzene rings is 6. The van der Waals surface area contributed by atoms with Gasteiger partial charge >= 0.3 is 0 Å². The molecule has 0 aromatic heterocycles. The summed E-state index contributed by atoms with van der Waals surface area (Å²) >= 11 is 0. The molecule has 7 rings (SSSR count). The lowest BCUT2D eigenvalue weighted by molar-refractivity contribution is 0.285. The van der Waals surface area contributed by atoms with E-state index < -0.39 is 112 Å². The van der Waals surface area contributed by atoms with Crippen LogP contribution in [0.5, 0.6) is 0 Å². The van der Waals surface area contributed by atoms with E-state index in [0.29, 0.717) is 0 Å². The third-order valence-corrected chi connectivity index (χ3v) is 25.5. The van der Waals surface area contributed by atoms with Gasteiger partial charge in [-0.2, -0.15) is 25.8 Å². The van der Waals surface area contributed by atoms with Crippen LogP contribution in [0.25, 0.3) is 0 Å². The Morgan fingerprint density at radius 3 is 0.438 bits per heavy atom. The molecule has 0 aliphatic carbocycles. The van der Waals surface area contributed by atoms with E-state index in [-0.39, 0.29) is 68.4 Å². The number of hydrogen-bond donors (Lipinski definition) is 0. The van der Waals surface area contributed by atoms with Gasteiger partial charge in [0.05, 0.1) is 29.4 Å². The Morgan fingerprint density at radius 2 is 0.312 bits per heavy atom. The van der Waals surface area contributed by atoms with E-state index in [4.69, 9.17) is 0 Å². The molecule has 1 heterocycles. The van der Waals surface area contributed by atoms with Crippen molar-refractivity contribution >= 4 is 60.1 Å². The van der Waals surface area contributed by atoms with E-state index in [0.717, 1.165) is 59.2 Å². The predicted octanol–water partition coefficient (Wildman–Crippen LogP) is 6.78. The van der Waals surface area contributed by atoms with Gasteiger partial charge < -0.3 is 0 Å². The third kappa shape index (κ3) is 14.9. The fourth-order valence-corrected chi connectivity index (χ4v) is 17.7. The van der Waals surface area contributed by atoms with E-state index in [9.17, 15) is 50.5 Å². The van der Waals surface area contributed by atoms with Gasteiger partial charge in [0.2, 0.25) is 60.1 Å². The van der Waals surface area contributed by atoms with Crippen LogP contribution < -0.4 is 0 Å². The fraction of sp³-hybridized carbons (Fsp3) is 0.357. The molecule has 0 bridgehead atoms. The normalized spacial score (nSPS) is 17.5. The summed E-state index contributed by atoms with van der Waals surface area (Å²) in [5.74, 6) is 0. The molecule has 0 unspecified atom stereocenters. The Labute approximate surface area is 474 Å². The third-order valence-electron chi connectivity index (χ3n) is 14.0. The number of sulfonamides is 6. The van der Waals surface area contributed by atoms with Crippen LogP contribution in [0.1, 0.15) is 46.2 Å². The van der Waals surface area contributed by atoms with Crippen LogP contribution in [0.3, 0.4) is 0 Å². The monoisotopic (exact) mass is 1210 g/mol. The van der Waals surface area contributed by atoms with Gasteiger partial charge in [-0.15, -0.1) is 0 Å². The lowest BCUT2D eigenvalue weighted by Gasteiger charge is -2.32. The van der Waals surface area contributed by atoms with Crippen LogP contribution in [0.4, 0.5) is 0 Å². The summed E-state index contributed by atoms with van der Waals surface area (Å²) in [5, 5.41) is 0. The SMILES string of the molecule is Cc1ccc(S(=O)(=O)N2CCCN(S(=O)(=O)c3ccc(C)cc3)CCN(S(=O)(=O)c3ccc(C)cc3)CCN(S(=O)(=O)c3ccc(C)cc3)CCCN(S(=O)(=O)c3ccc(C)cc3)CCN(S(=O)(=O)c3ccc(C)cc3)CC2)cc1. The van der Waals surface area contributed by atoms with E-state index in [1.807, 2.05) is 0 Å². The first kappa shape index (κ1) is 62.4. The van der Waals surface area contributed by atoms with Gasteiger partial charge in [0.1, 0.15) is 0 Å². The quantitative estimate of drug-likeness (QED) is 0.124. The first-order chi connectivity index (χ1) is 37.6. The zero-order valence-corrected chi connectivity index (χ0v) is 50.7. The summed E-state index contributed by atoms with van der Waals surface area (Å²) in [6, 6.07) is 36.3. The Hall–Kier alpha value is -5.22. The second kappa shape index (κ2) is 25.9. The van der Waals surface area contributed by atoms with Crippen molar-refractivity contribution in [3.8, 4) is 0 Å². The van der Waals surface area contributed by atoms with Gasteiger partial charge in [-0.25, -0.2) is 50.5 Å². The summed E-state index contributed by atoms with van der Waals surface area (Å²) in [6.45, 7) is 5.49. The molecule has 432 valence electrons. The molecule has 6 aromatic carbocycles. The maximum Gasteiger partial charge on any atom is 0.243 e. The average Bonchev–Trinajstić information content (AvgIpc) is 3.49. The van der Waals surface area contributed by atoms with Crippen molar-refractivity contribution in [2.24, 2.45) is 0 Å². The zero-order chi connectivity index (χ0) is 58.3. The second-order valence-electron chi connectivity index (χ2n) is 20.0. The maximum absolute atomic E-state index is 14.8. The first-order valence-electron chi connectivity index (χ1n) is 26.0. The molecule has 6 aromatic rings. The molecular weight excluding hydrogens is 1140 g/mol. The van der Waals surface area contributed by atoms with Crippen molar-refractivity contribution < 1.29 is 50.5 Å². The van der Waals surface area contributed by atoms with Gasteiger partial charge in [0, 0.05) is 78.5 Å². The lowest BCUT2D eigenvalue weighted by Crippen LogP contribution is -2.47. The summed E-state index contributed by atoms with van der Waals surface area (Å²) < 4.78 is 184. The van der Waals surface area contributed by atoms with Crippen molar-refractivity contribution in [1.82, 2.24) is 25.8 Å². The Bertz CT molecular complexity index is 3350. The zero-order valence-electron chi connectivity index (χ0n) is 45.8. The van der Waals surface area contributed by atoms with E-state index in [1.54, 1.807) is 114 Å². The molecule has 1 saturated heterocycles. The van der Waals surface area contributed by atoms with Crippen molar-refractivity contribution in [3.05, 3.63) is 179 Å². The Morgan fingerprint density at radius 1 is 0.200 bits per heavy atom. The van der Waals surface area contributed by atoms with Gasteiger partial charge in [0.25, 0.3) is 0 Å². The van der Waals surface area contributed by atoms with Crippen LogP contribution in [-0.4, -0.2) is 155 Å². The van der Waals surface area contributed by atoms with Gasteiger partial charge in [-0.1, -0.05) is 106 Å². The Balaban J connectivity index is 1.38. The molecule has 0 atom stereocenters. The summed E-state index contributed by atoms with van der Waals surface area (Å²) in [6.07, 6.45) is -0.340. The van der Waals surface area contributed by atoms with Gasteiger partial charge in [-0.3, -0.25) is 0 Å². The predicted molar refractivity (Wildman–Crippen MR) is 309 cm³/mol. The minimum Gasteiger partial charge on any atom is -0.207 e. The molecule has 1 fully saturated rings. The number of hydrogen-bond acceptors (Lipinski definition) is 12. The fourth-order valence-electron chi connectivity index (χ4n) is 9.01. The smallest absolute Gasteiger partial charge is 0.207 e. The first-order valence-corrected chi connectivity index (χ1v) is 34.7. The van der Waals surface area contributed by atoms with Crippen molar-refractivity contribution in [3.63, 3.8) is 0 Å². The van der Waals surface area contributed by atoms with E-state index in [2.05, 4.69) is 0 Å². The highest BCUT2D eigenvalue weighted by atomic mass is 32.2. The highest BCUT2D eigenvalue weighted by molar-refractivity contribution is 7.90. The molecule has 1 aliphatic heterocycles. The van der Waals surface area contributed by atoms with Gasteiger partial charge in [-0.05, 0) is 127 Å². The molecule has 0 radical (unpaired) electrons. The molecule has 24 heteroatoms. The maximum atomic E-state index is 14.8. The average molecular weight is 1210 g/mol. The van der Waals surface area contributed by atoms with Crippen LogP contribution in [-0.2, 0) is 60.1 Å². The molecule has 0 amide bonds. The number of rotatable bonds is 12. The molecule has 0 saturated carbocycles. The highest BCUT2D eigenvalue weighted by Gasteiger charge is 2.35. The molecular formula is C56H70N6O12S6. The standard InChI is InChI=1S/C56H70N6O12S6/c1-45-9-21-51(22-10-45)75(63,64)57-33-7-34-58(76(65,66)52-23-11-46(2)12-24-52)39-43-62(80(73,74)56-31-19-50(6)20-32-56)44-40-60(78(69,70)54-27-15-48(4)16-28-54)36-8-35-59(77(67,68)53-25-13-47(3)14-26-53)38-42-61(41-37-57)79(71,72)55-29-17-49(5)18-30-55/h9-32H,7-8,33-44H2,1-6H3. The van der Waals surface area contributed by atoms with Crippen LogP contribution >= 0.6 is 0 Å². The minimum absolute atomic E-state index is 0.111. The Kier molecular flexibility index (Phi) is 20.2. The summed E-state index contributed by atoms with van der Waals surface area (Å²) in [4.78, 5) is -0.710. The van der Waals surface area contributed by atoms with E-state index >= 15 is 0 Å².